The lowest BCUT2D eigenvalue weighted by molar-refractivity contribution is 0.0314. The molecule has 1 aromatic carbocycles. The van der Waals surface area contributed by atoms with Gasteiger partial charge in [-0.25, -0.2) is 0 Å². The van der Waals surface area contributed by atoms with Gasteiger partial charge in [-0.15, -0.1) is 0 Å². The number of ether oxygens (including phenoxy) is 2. The van der Waals surface area contributed by atoms with Crippen molar-refractivity contribution in [2.24, 2.45) is 5.92 Å². The summed E-state index contributed by atoms with van der Waals surface area (Å²) in [5, 5.41) is 3.56. The summed E-state index contributed by atoms with van der Waals surface area (Å²) in [6, 6.07) is 6.40. The van der Waals surface area contributed by atoms with Gasteiger partial charge in [-0.3, -0.25) is 0 Å². The Bertz CT molecular complexity index is 500. The first-order valence-corrected chi connectivity index (χ1v) is 7.41. The van der Waals surface area contributed by atoms with Crippen molar-refractivity contribution in [3.05, 3.63) is 23.8 Å². The molecular weight excluding hydrogens is 238 g/mol. The number of rotatable bonds is 1. The Morgan fingerprint density at radius 1 is 1.37 bits per heavy atom. The van der Waals surface area contributed by atoms with Crippen LogP contribution in [0.3, 0.4) is 0 Å². The summed E-state index contributed by atoms with van der Waals surface area (Å²) in [6.07, 6.45) is 5.36. The molecule has 3 aliphatic rings. The molecule has 3 heteroatoms. The highest BCUT2D eigenvalue weighted by Gasteiger charge is 2.56. The number of fused-ring (bicyclic) bond motifs is 1. The number of piperidine rings is 1. The van der Waals surface area contributed by atoms with Gasteiger partial charge in [0.05, 0.1) is 7.11 Å². The molecule has 1 N–H and O–H groups in total. The van der Waals surface area contributed by atoms with Gasteiger partial charge in [0.2, 0.25) is 0 Å². The maximum absolute atomic E-state index is 6.34. The van der Waals surface area contributed by atoms with E-state index in [9.17, 15) is 0 Å². The minimum Gasteiger partial charge on any atom is -0.493 e. The van der Waals surface area contributed by atoms with Crippen LogP contribution in [0.1, 0.15) is 31.2 Å². The summed E-state index contributed by atoms with van der Waals surface area (Å²) in [7, 11) is 1.73. The summed E-state index contributed by atoms with van der Waals surface area (Å²) in [6.45, 7) is 2.24. The van der Waals surface area contributed by atoms with E-state index in [1.165, 1.54) is 31.2 Å². The van der Waals surface area contributed by atoms with Gasteiger partial charge in [0.1, 0.15) is 6.10 Å². The summed E-state index contributed by atoms with van der Waals surface area (Å²) < 4.78 is 11.8. The molecular formula is C16H21NO2. The van der Waals surface area contributed by atoms with Gasteiger partial charge in [0.25, 0.3) is 0 Å². The van der Waals surface area contributed by atoms with Crippen LogP contribution in [0.15, 0.2) is 18.2 Å². The summed E-state index contributed by atoms with van der Waals surface area (Å²) >= 11 is 0. The Hall–Kier alpha value is -1.22. The van der Waals surface area contributed by atoms with Crippen LogP contribution in [0.25, 0.3) is 0 Å². The second-order valence-electron chi connectivity index (χ2n) is 6.07. The smallest absolute Gasteiger partial charge is 0.165 e. The molecule has 102 valence electrons. The Kier molecular flexibility index (Phi) is 2.52. The highest BCUT2D eigenvalue weighted by atomic mass is 16.5. The van der Waals surface area contributed by atoms with Crippen LogP contribution in [0, 0.1) is 5.92 Å². The molecule has 0 radical (unpaired) electrons. The van der Waals surface area contributed by atoms with Gasteiger partial charge in [0, 0.05) is 11.0 Å². The number of hydrogen-bond donors (Lipinski definition) is 1. The van der Waals surface area contributed by atoms with Crippen molar-refractivity contribution < 1.29 is 9.47 Å². The fraction of sp³-hybridized carbons (Fsp3) is 0.625. The van der Waals surface area contributed by atoms with E-state index in [1.807, 2.05) is 6.07 Å². The molecule has 1 aromatic rings. The fourth-order valence-corrected chi connectivity index (χ4v) is 4.55. The van der Waals surface area contributed by atoms with E-state index in [4.69, 9.17) is 9.47 Å². The fourth-order valence-electron chi connectivity index (χ4n) is 4.55. The Morgan fingerprint density at radius 3 is 3.21 bits per heavy atom. The topological polar surface area (TPSA) is 30.5 Å². The zero-order valence-corrected chi connectivity index (χ0v) is 11.4. The highest BCUT2D eigenvalue weighted by Crippen LogP contribution is 2.57. The minimum absolute atomic E-state index is 0.243. The monoisotopic (exact) mass is 259 g/mol. The first-order chi connectivity index (χ1) is 9.36. The molecule has 0 bridgehead atoms. The maximum Gasteiger partial charge on any atom is 0.165 e. The molecule has 2 aliphatic heterocycles. The predicted octanol–water partition coefficient (Wildman–Crippen LogP) is 2.49. The van der Waals surface area contributed by atoms with Crippen LogP contribution in [0.5, 0.6) is 11.5 Å². The van der Waals surface area contributed by atoms with E-state index in [-0.39, 0.29) is 5.41 Å². The van der Waals surface area contributed by atoms with Crippen LogP contribution >= 0.6 is 0 Å². The lowest BCUT2D eigenvalue weighted by Crippen LogP contribution is -2.55. The Balaban J connectivity index is 1.88. The molecule has 2 fully saturated rings. The van der Waals surface area contributed by atoms with Crippen molar-refractivity contribution in [2.45, 2.75) is 37.2 Å². The molecule has 2 heterocycles. The van der Waals surface area contributed by atoms with E-state index in [2.05, 4.69) is 17.4 Å². The van der Waals surface area contributed by atoms with Gasteiger partial charge in [-0.05, 0) is 50.8 Å². The lowest BCUT2D eigenvalue weighted by atomic mass is 9.59. The molecule has 1 aliphatic carbocycles. The third-order valence-corrected chi connectivity index (χ3v) is 5.39. The van der Waals surface area contributed by atoms with Gasteiger partial charge in [-0.1, -0.05) is 12.1 Å². The van der Waals surface area contributed by atoms with E-state index in [1.54, 1.807) is 7.11 Å². The van der Waals surface area contributed by atoms with Crippen LogP contribution in [-0.4, -0.2) is 26.3 Å². The molecule has 0 aromatic heterocycles. The van der Waals surface area contributed by atoms with Crippen LogP contribution in [0.2, 0.25) is 0 Å². The Morgan fingerprint density at radius 2 is 2.32 bits per heavy atom. The Labute approximate surface area is 114 Å². The van der Waals surface area contributed by atoms with E-state index in [0.29, 0.717) is 12.0 Å². The van der Waals surface area contributed by atoms with Gasteiger partial charge >= 0.3 is 0 Å². The van der Waals surface area contributed by atoms with E-state index >= 15 is 0 Å². The van der Waals surface area contributed by atoms with E-state index in [0.717, 1.165) is 24.6 Å². The molecule has 0 unspecified atom stereocenters. The SMILES string of the molecule is COc1cccc2c1O[C@@H]1CCC[C@@H]3CNCC[C@]231. The predicted molar refractivity (Wildman–Crippen MR) is 73.9 cm³/mol. The summed E-state index contributed by atoms with van der Waals surface area (Å²) in [4.78, 5) is 0. The van der Waals surface area contributed by atoms with Crippen LogP contribution in [0.4, 0.5) is 0 Å². The van der Waals surface area contributed by atoms with Gasteiger partial charge in [0.15, 0.2) is 11.5 Å². The van der Waals surface area contributed by atoms with Crippen molar-refractivity contribution in [1.82, 2.24) is 5.32 Å². The largest absolute Gasteiger partial charge is 0.493 e. The molecule has 4 rings (SSSR count). The molecule has 3 nitrogen and oxygen atoms in total. The molecule has 3 atom stereocenters. The van der Waals surface area contributed by atoms with Crippen LogP contribution < -0.4 is 14.8 Å². The number of benzene rings is 1. The number of para-hydroxylation sites is 1. The highest BCUT2D eigenvalue weighted by molar-refractivity contribution is 5.55. The molecule has 19 heavy (non-hydrogen) atoms. The van der Waals surface area contributed by atoms with Crippen molar-refractivity contribution in [2.75, 3.05) is 20.2 Å². The average Bonchev–Trinajstić information content (AvgIpc) is 2.80. The second kappa shape index (κ2) is 4.14. The zero-order chi connectivity index (χ0) is 12.9. The van der Waals surface area contributed by atoms with Crippen molar-refractivity contribution in [1.29, 1.82) is 0 Å². The molecule has 0 amide bonds. The second-order valence-corrected chi connectivity index (χ2v) is 6.07. The third kappa shape index (κ3) is 1.42. The normalized spacial score (nSPS) is 35.8. The first-order valence-electron chi connectivity index (χ1n) is 7.41. The molecule has 1 saturated heterocycles. The maximum atomic E-state index is 6.34. The van der Waals surface area contributed by atoms with Crippen molar-refractivity contribution in [3.8, 4) is 11.5 Å². The van der Waals surface area contributed by atoms with Gasteiger partial charge < -0.3 is 14.8 Å². The standard InChI is InChI=1S/C16H21NO2/c1-18-13-6-3-5-12-15(13)19-14-7-2-4-11-10-17-9-8-16(11,12)14/h3,5-6,11,14,17H,2,4,7-10H2,1H3/t11-,14-,16-/m1/s1. The minimum atomic E-state index is 0.243. The quantitative estimate of drug-likeness (QED) is 0.840. The van der Waals surface area contributed by atoms with E-state index < -0.39 is 0 Å². The number of hydrogen-bond acceptors (Lipinski definition) is 3. The number of methoxy groups -OCH3 is 1. The van der Waals surface area contributed by atoms with Crippen molar-refractivity contribution in [3.63, 3.8) is 0 Å². The summed E-state index contributed by atoms with van der Waals surface area (Å²) in [5.41, 5.74) is 1.65. The van der Waals surface area contributed by atoms with Gasteiger partial charge in [-0.2, -0.15) is 0 Å². The average molecular weight is 259 g/mol. The lowest BCUT2D eigenvalue weighted by Gasteiger charge is -2.48. The van der Waals surface area contributed by atoms with Crippen LogP contribution in [-0.2, 0) is 5.41 Å². The number of nitrogens with one attached hydrogen (secondary N) is 1. The zero-order valence-electron chi connectivity index (χ0n) is 11.4. The third-order valence-electron chi connectivity index (χ3n) is 5.39. The molecule has 1 spiro atoms. The molecule has 1 saturated carbocycles. The summed E-state index contributed by atoms with van der Waals surface area (Å²) in [5.74, 6) is 2.63. The van der Waals surface area contributed by atoms with Crippen molar-refractivity contribution >= 4 is 0 Å². The first kappa shape index (κ1) is 11.6.